The van der Waals surface area contributed by atoms with E-state index < -0.39 is 33.9 Å². The second-order valence-electron chi connectivity index (χ2n) is 9.74. The number of carbonyl (C=O) groups is 2. The standard InChI is InChI=1S/C25H40N2O7S/c1-17-15-18(2)20-16-21(33-23(30)12-11-22(28)29)25(4,34-24(20)19(17)3)13-9-7-5-6-8-10-14-27-35(26,31)32/h15,21,27H,5-14,16H2,1-4H3,(H,28,29)(H2,26,31,32)/t21?,25-/m1/s1. The van der Waals surface area contributed by atoms with Gasteiger partial charge in [-0.25, -0.2) is 9.86 Å². The van der Waals surface area contributed by atoms with Crippen LogP contribution in [0.25, 0.3) is 0 Å². The van der Waals surface area contributed by atoms with Crippen LogP contribution >= 0.6 is 0 Å². The largest absolute Gasteiger partial charge is 0.483 e. The predicted octanol–water partition coefficient (Wildman–Crippen LogP) is 3.61. The summed E-state index contributed by atoms with van der Waals surface area (Å²) in [5.74, 6) is -0.687. The smallest absolute Gasteiger partial charge is 0.306 e. The Hall–Kier alpha value is -2.17. The number of benzene rings is 1. The Labute approximate surface area is 208 Å². The molecule has 0 radical (unpaired) electrons. The number of carboxylic acid groups (broad SMARTS) is 1. The lowest BCUT2D eigenvalue weighted by Crippen LogP contribution is -2.51. The molecule has 198 valence electrons. The van der Waals surface area contributed by atoms with E-state index in [-0.39, 0.29) is 12.8 Å². The summed E-state index contributed by atoms with van der Waals surface area (Å²) in [5, 5.41) is 13.8. The zero-order chi connectivity index (χ0) is 26.2. The molecule has 1 aliphatic rings. The second-order valence-corrected chi connectivity index (χ2v) is 11.1. The van der Waals surface area contributed by atoms with Crippen LogP contribution in [0.1, 0.15) is 87.0 Å². The van der Waals surface area contributed by atoms with Crippen LogP contribution in [-0.4, -0.2) is 43.7 Å². The summed E-state index contributed by atoms with van der Waals surface area (Å²) in [6.45, 7) is 8.44. The molecule has 0 saturated heterocycles. The maximum atomic E-state index is 12.4. The van der Waals surface area contributed by atoms with Crippen LogP contribution in [0.3, 0.4) is 0 Å². The SMILES string of the molecule is Cc1cc(C)c2c(c1C)O[C@](C)(CCCCCCCCNS(N)(=O)=O)C(OC(=O)CCC(=O)O)C2. The Morgan fingerprint density at radius 3 is 2.37 bits per heavy atom. The molecule has 0 spiro atoms. The quantitative estimate of drug-likeness (QED) is 0.255. The topological polar surface area (TPSA) is 145 Å². The molecule has 0 amide bonds. The van der Waals surface area contributed by atoms with Gasteiger partial charge in [-0.2, -0.15) is 8.42 Å². The van der Waals surface area contributed by atoms with Crippen LogP contribution < -0.4 is 14.6 Å². The van der Waals surface area contributed by atoms with Crippen molar-refractivity contribution in [2.75, 3.05) is 6.54 Å². The third-order valence-corrected chi connectivity index (χ3v) is 7.35. The second kappa shape index (κ2) is 12.7. The lowest BCUT2D eigenvalue weighted by molar-refractivity contribution is -0.165. The van der Waals surface area contributed by atoms with E-state index in [4.69, 9.17) is 19.7 Å². The first-order valence-corrected chi connectivity index (χ1v) is 13.8. The zero-order valence-corrected chi connectivity index (χ0v) is 22.1. The number of unbranched alkanes of at least 4 members (excludes halogenated alkanes) is 5. The molecule has 2 rings (SSSR count). The van der Waals surface area contributed by atoms with Crippen molar-refractivity contribution < 1.29 is 32.6 Å². The minimum atomic E-state index is -3.63. The minimum absolute atomic E-state index is 0.166. The zero-order valence-electron chi connectivity index (χ0n) is 21.3. The van der Waals surface area contributed by atoms with Gasteiger partial charge < -0.3 is 14.6 Å². The summed E-state index contributed by atoms with van der Waals surface area (Å²) in [5.41, 5.74) is 3.65. The Morgan fingerprint density at radius 1 is 1.11 bits per heavy atom. The first kappa shape index (κ1) is 29.1. The summed E-state index contributed by atoms with van der Waals surface area (Å²) < 4.78 is 36.4. The van der Waals surface area contributed by atoms with Crippen molar-refractivity contribution in [1.82, 2.24) is 4.72 Å². The molecule has 1 unspecified atom stereocenters. The number of nitrogens with one attached hydrogen (secondary N) is 1. The lowest BCUT2D eigenvalue weighted by Gasteiger charge is -2.43. The highest BCUT2D eigenvalue weighted by molar-refractivity contribution is 7.87. The lowest BCUT2D eigenvalue weighted by atomic mass is 9.82. The third-order valence-electron chi connectivity index (χ3n) is 6.74. The highest BCUT2D eigenvalue weighted by atomic mass is 32.2. The average molecular weight is 513 g/mol. The van der Waals surface area contributed by atoms with Crippen LogP contribution in [-0.2, 0) is 31.0 Å². The number of ether oxygens (including phenoxy) is 2. The highest BCUT2D eigenvalue weighted by Crippen LogP contribution is 2.42. The van der Waals surface area contributed by atoms with Crippen molar-refractivity contribution in [3.63, 3.8) is 0 Å². The number of hydrogen-bond acceptors (Lipinski definition) is 6. The van der Waals surface area contributed by atoms with Crippen molar-refractivity contribution in [2.24, 2.45) is 5.14 Å². The fraction of sp³-hybridized carbons (Fsp3) is 0.680. The molecule has 0 fully saturated rings. The molecule has 0 aliphatic carbocycles. The van der Waals surface area contributed by atoms with Gasteiger partial charge >= 0.3 is 11.9 Å². The Bertz CT molecular complexity index is 1010. The van der Waals surface area contributed by atoms with Crippen LogP contribution in [0.4, 0.5) is 0 Å². The number of aliphatic carboxylic acids is 1. The summed E-state index contributed by atoms with van der Waals surface area (Å²) in [7, 11) is -3.63. The van der Waals surface area contributed by atoms with E-state index in [1.807, 2.05) is 20.8 Å². The van der Waals surface area contributed by atoms with E-state index in [0.717, 1.165) is 66.5 Å². The molecule has 0 saturated carbocycles. The summed E-state index contributed by atoms with van der Waals surface area (Å²) in [4.78, 5) is 23.3. The number of aryl methyl sites for hydroxylation is 2. The molecule has 10 heteroatoms. The molecule has 1 aromatic carbocycles. The summed E-state index contributed by atoms with van der Waals surface area (Å²) in [6, 6.07) is 2.11. The van der Waals surface area contributed by atoms with Gasteiger partial charge in [0.1, 0.15) is 17.5 Å². The maximum Gasteiger partial charge on any atom is 0.306 e. The summed E-state index contributed by atoms with van der Waals surface area (Å²) in [6.07, 6.45) is 5.80. The Kier molecular flexibility index (Phi) is 10.5. The van der Waals surface area contributed by atoms with Gasteiger partial charge in [0.25, 0.3) is 10.2 Å². The van der Waals surface area contributed by atoms with Crippen molar-refractivity contribution in [1.29, 1.82) is 0 Å². The van der Waals surface area contributed by atoms with E-state index in [2.05, 4.69) is 17.7 Å². The molecular formula is C25H40N2O7S. The molecule has 1 aliphatic heterocycles. The maximum absolute atomic E-state index is 12.4. The average Bonchev–Trinajstić information content (AvgIpc) is 2.75. The first-order chi connectivity index (χ1) is 16.3. The number of rotatable bonds is 14. The molecule has 1 heterocycles. The Morgan fingerprint density at radius 2 is 1.74 bits per heavy atom. The van der Waals surface area contributed by atoms with Crippen LogP contribution in [0, 0.1) is 20.8 Å². The number of nitrogens with two attached hydrogens (primary N) is 1. The highest BCUT2D eigenvalue weighted by Gasteiger charge is 2.44. The van der Waals surface area contributed by atoms with E-state index in [9.17, 15) is 18.0 Å². The molecule has 9 nitrogen and oxygen atoms in total. The van der Waals surface area contributed by atoms with Gasteiger partial charge in [-0.05, 0) is 63.6 Å². The van der Waals surface area contributed by atoms with Crippen molar-refractivity contribution in [3.8, 4) is 5.75 Å². The monoisotopic (exact) mass is 512 g/mol. The number of hydrogen-bond donors (Lipinski definition) is 3. The van der Waals surface area contributed by atoms with Gasteiger partial charge in [0.05, 0.1) is 12.8 Å². The van der Waals surface area contributed by atoms with Crippen molar-refractivity contribution in [2.45, 2.75) is 104 Å². The molecule has 1 aromatic rings. The first-order valence-electron chi connectivity index (χ1n) is 12.3. The molecule has 4 N–H and O–H groups in total. The van der Waals surface area contributed by atoms with Gasteiger partial charge in [-0.1, -0.05) is 31.7 Å². The van der Waals surface area contributed by atoms with Crippen molar-refractivity contribution >= 4 is 22.1 Å². The fourth-order valence-electron chi connectivity index (χ4n) is 4.52. The van der Waals surface area contributed by atoms with Crippen LogP contribution in [0.15, 0.2) is 6.07 Å². The normalized spacial score (nSPS) is 19.6. The van der Waals surface area contributed by atoms with Crippen LogP contribution in [0.5, 0.6) is 5.75 Å². The summed E-state index contributed by atoms with van der Waals surface area (Å²) >= 11 is 0. The van der Waals surface area contributed by atoms with Crippen LogP contribution in [0.2, 0.25) is 0 Å². The number of esters is 1. The number of carboxylic acids is 1. The van der Waals surface area contributed by atoms with Crippen molar-refractivity contribution in [3.05, 3.63) is 28.3 Å². The minimum Gasteiger partial charge on any atom is -0.483 e. The van der Waals surface area contributed by atoms with E-state index >= 15 is 0 Å². The fourth-order valence-corrected chi connectivity index (χ4v) is 4.95. The third kappa shape index (κ3) is 9.09. The molecule has 2 atom stereocenters. The van der Waals surface area contributed by atoms with Gasteiger partial charge in [-0.15, -0.1) is 0 Å². The number of fused-ring (bicyclic) bond motifs is 1. The van der Waals surface area contributed by atoms with E-state index in [0.29, 0.717) is 19.4 Å². The van der Waals surface area contributed by atoms with Gasteiger partial charge in [0, 0.05) is 18.5 Å². The molecular weight excluding hydrogens is 472 g/mol. The van der Waals surface area contributed by atoms with Gasteiger partial charge in [-0.3, -0.25) is 9.59 Å². The molecule has 0 bridgehead atoms. The molecule has 0 aromatic heterocycles. The Balaban J connectivity index is 1.99. The predicted molar refractivity (Wildman–Crippen MR) is 134 cm³/mol. The van der Waals surface area contributed by atoms with Gasteiger partial charge in [0.15, 0.2) is 0 Å². The number of carbonyl (C=O) groups excluding carboxylic acids is 1. The van der Waals surface area contributed by atoms with E-state index in [1.54, 1.807) is 0 Å². The molecule has 35 heavy (non-hydrogen) atoms. The van der Waals surface area contributed by atoms with Gasteiger partial charge in [0.2, 0.25) is 0 Å². The van der Waals surface area contributed by atoms with E-state index in [1.165, 1.54) is 0 Å².